The predicted octanol–water partition coefficient (Wildman–Crippen LogP) is 3.36. The summed E-state index contributed by atoms with van der Waals surface area (Å²) in [6.07, 6.45) is 4.09. The molecule has 4 rings (SSSR count). The summed E-state index contributed by atoms with van der Waals surface area (Å²) in [5.41, 5.74) is 5.56. The van der Waals surface area contributed by atoms with Gasteiger partial charge in [-0.25, -0.2) is 9.97 Å². The smallest absolute Gasteiger partial charge is 0.136 e. The average molecular weight is 367 g/mol. The molecule has 6 nitrogen and oxygen atoms in total. The molecule has 26 heavy (non-hydrogen) atoms. The quantitative estimate of drug-likeness (QED) is 0.749. The van der Waals surface area contributed by atoms with Gasteiger partial charge in [0.25, 0.3) is 0 Å². The summed E-state index contributed by atoms with van der Waals surface area (Å²) in [5.74, 6) is 0.993. The van der Waals surface area contributed by atoms with Gasteiger partial charge in [0, 0.05) is 30.9 Å². The lowest BCUT2D eigenvalue weighted by Crippen LogP contribution is -2.06. The standard InChI is InChI=1S/C19H21N5OS/c1-4-24-18-13(17(23-24)12-5-8-15(20-3)21-10-12)6-7-14-19(18)26-16(22-14)9-11(2)25/h5,8,10H,4,6-7,9H2,1-3H3,(H,20,21). The molecule has 7 heteroatoms. The van der Waals surface area contributed by atoms with Crippen molar-refractivity contribution in [3.63, 3.8) is 0 Å². The molecule has 0 spiro atoms. The Labute approximate surface area is 156 Å². The lowest BCUT2D eigenvalue weighted by molar-refractivity contribution is -0.116. The highest BCUT2D eigenvalue weighted by Gasteiger charge is 2.28. The molecule has 1 N–H and O–H groups in total. The number of nitrogens with zero attached hydrogens (tertiary/aromatic N) is 4. The fourth-order valence-corrected chi connectivity index (χ4v) is 4.68. The van der Waals surface area contributed by atoms with E-state index in [0.717, 1.165) is 52.9 Å². The first kappa shape index (κ1) is 16.9. The number of nitrogens with one attached hydrogen (secondary N) is 1. The minimum Gasteiger partial charge on any atom is -0.373 e. The Balaban J connectivity index is 1.82. The number of Topliss-reactive ketones (excluding diaryl/α,β-unsaturated/α-hetero) is 1. The Morgan fingerprint density at radius 1 is 1.35 bits per heavy atom. The van der Waals surface area contributed by atoms with Gasteiger partial charge in [-0.1, -0.05) is 0 Å². The average Bonchev–Trinajstić information content (AvgIpc) is 3.21. The molecule has 0 saturated carbocycles. The van der Waals surface area contributed by atoms with Crippen LogP contribution >= 0.6 is 11.3 Å². The van der Waals surface area contributed by atoms with Crippen molar-refractivity contribution in [2.24, 2.45) is 0 Å². The second-order valence-electron chi connectivity index (χ2n) is 6.44. The second-order valence-corrected chi connectivity index (χ2v) is 7.52. The SMILES string of the molecule is CCn1nc(-c2ccc(NC)nc2)c2c1-c1sc(CC(C)=O)nc1CC2. The van der Waals surface area contributed by atoms with Gasteiger partial charge in [0.2, 0.25) is 0 Å². The molecule has 0 saturated heterocycles. The summed E-state index contributed by atoms with van der Waals surface area (Å²) in [4.78, 5) is 21.8. The van der Waals surface area contributed by atoms with Gasteiger partial charge in [0.1, 0.15) is 16.6 Å². The van der Waals surface area contributed by atoms with Crippen LogP contribution in [0.5, 0.6) is 0 Å². The van der Waals surface area contributed by atoms with Crippen LogP contribution in [0, 0.1) is 0 Å². The Hall–Kier alpha value is -2.54. The number of carbonyl (C=O) groups excluding carboxylic acids is 1. The Morgan fingerprint density at radius 3 is 2.85 bits per heavy atom. The van der Waals surface area contributed by atoms with Crippen molar-refractivity contribution in [1.29, 1.82) is 0 Å². The highest BCUT2D eigenvalue weighted by Crippen LogP contribution is 2.41. The van der Waals surface area contributed by atoms with Crippen molar-refractivity contribution in [3.05, 3.63) is 34.6 Å². The molecule has 134 valence electrons. The summed E-state index contributed by atoms with van der Waals surface area (Å²) < 4.78 is 2.06. The molecule has 0 bridgehead atoms. The van der Waals surface area contributed by atoms with Crippen LogP contribution < -0.4 is 5.32 Å². The number of anilines is 1. The topological polar surface area (TPSA) is 72.7 Å². The number of rotatable bonds is 5. The van der Waals surface area contributed by atoms with Crippen LogP contribution in [-0.2, 0) is 30.6 Å². The van der Waals surface area contributed by atoms with Crippen molar-refractivity contribution >= 4 is 22.9 Å². The molecule has 0 atom stereocenters. The minimum atomic E-state index is 0.150. The van der Waals surface area contributed by atoms with Gasteiger partial charge < -0.3 is 5.32 Å². The van der Waals surface area contributed by atoms with E-state index in [4.69, 9.17) is 10.1 Å². The third-order valence-corrected chi connectivity index (χ3v) is 5.72. The molecular formula is C19H21N5OS. The number of carbonyl (C=O) groups is 1. The number of aryl methyl sites for hydroxylation is 2. The zero-order chi connectivity index (χ0) is 18.3. The van der Waals surface area contributed by atoms with E-state index < -0.39 is 0 Å². The van der Waals surface area contributed by atoms with Gasteiger partial charge in [-0.15, -0.1) is 11.3 Å². The van der Waals surface area contributed by atoms with E-state index in [0.29, 0.717) is 6.42 Å². The van der Waals surface area contributed by atoms with Gasteiger partial charge in [0.05, 0.1) is 28.4 Å². The van der Waals surface area contributed by atoms with Crippen LogP contribution in [0.15, 0.2) is 18.3 Å². The number of hydrogen-bond acceptors (Lipinski definition) is 6. The van der Waals surface area contributed by atoms with Gasteiger partial charge >= 0.3 is 0 Å². The third kappa shape index (κ3) is 2.82. The van der Waals surface area contributed by atoms with E-state index in [1.807, 2.05) is 19.3 Å². The molecule has 3 heterocycles. The largest absolute Gasteiger partial charge is 0.373 e. The maximum absolute atomic E-state index is 11.5. The molecule has 0 aromatic carbocycles. The molecule has 1 aliphatic carbocycles. The first-order valence-corrected chi connectivity index (χ1v) is 9.64. The third-order valence-electron chi connectivity index (χ3n) is 4.61. The maximum atomic E-state index is 11.5. The fraction of sp³-hybridized carbons (Fsp3) is 0.368. The molecule has 0 aliphatic heterocycles. The van der Waals surface area contributed by atoms with Crippen LogP contribution in [0.4, 0.5) is 5.82 Å². The molecule has 0 fully saturated rings. The number of pyridine rings is 1. The maximum Gasteiger partial charge on any atom is 0.136 e. The first-order valence-electron chi connectivity index (χ1n) is 8.83. The molecule has 1 aliphatic rings. The number of fused-ring (bicyclic) bond motifs is 3. The highest BCUT2D eigenvalue weighted by molar-refractivity contribution is 7.15. The van der Waals surface area contributed by atoms with E-state index in [9.17, 15) is 4.79 Å². The number of hydrogen-bond donors (Lipinski definition) is 1. The summed E-state index contributed by atoms with van der Waals surface area (Å²) in [6, 6.07) is 4.03. The summed E-state index contributed by atoms with van der Waals surface area (Å²) in [5, 5.41) is 8.82. The lowest BCUT2D eigenvalue weighted by atomic mass is 9.95. The van der Waals surface area contributed by atoms with E-state index in [1.165, 1.54) is 10.4 Å². The van der Waals surface area contributed by atoms with Crippen molar-refractivity contribution in [2.45, 2.75) is 39.7 Å². The fourth-order valence-electron chi connectivity index (χ4n) is 3.42. The van der Waals surface area contributed by atoms with Gasteiger partial charge in [-0.3, -0.25) is 9.48 Å². The number of thiazole rings is 1. The van der Waals surface area contributed by atoms with E-state index in [2.05, 4.69) is 28.0 Å². The van der Waals surface area contributed by atoms with Crippen molar-refractivity contribution in [2.75, 3.05) is 12.4 Å². The van der Waals surface area contributed by atoms with E-state index in [-0.39, 0.29) is 5.78 Å². The monoisotopic (exact) mass is 367 g/mol. The number of aromatic nitrogens is 4. The van der Waals surface area contributed by atoms with Crippen molar-refractivity contribution in [1.82, 2.24) is 19.7 Å². The second kappa shape index (κ2) is 6.64. The van der Waals surface area contributed by atoms with Crippen LogP contribution in [-0.4, -0.2) is 32.6 Å². The van der Waals surface area contributed by atoms with Crippen LogP contribution in [0.1, 0.15) is 30.1 Å². The summed E-state index contributed by atoms with van der Waals surface area (Å²) in [7, 11) is 1.86. The molecular weight excluding hydrogens is 346 g/mol. The molecule has 0 amide bonds. The Kier molecular flexibility index (Phi) is 4.32. The van der Waals surface area contributed by atoms with Crippen LogP contribution in [0.3, 0.4) is 0 Å². The van der Waals surface area contributed by atoms with Crippen LogP contribution in [0.2, 0.25) is 0 Å². The molecule has 3 aromatic rings. The summed E-state index contributed by atoms with van der Waals surface area (Å²) >= 11 is 1.63. The zero-order valence-corrected chi connectivity index (χ0v) is 16.0. The zero-order valence-electron chi connectivity index (χ0n) is 15.2. The van der Waals surface area contributed by atoms with E-state index >= 15 is 0 Å². The Bertz CT molecular complexity index is 971. The number of ketones is 1. The molecule has 0 radical (unpaired) electrons. The van der Waals surface area contributed by atoms with Gasteiger partial charge in [-0.05, 0) is 38.8 Å². The first-order chi connectivity index (χ1) is 12.6. The van der Waals surface area contributed by atoms with Gasteiger partial charge in [-0.2, -0.15) is 5.10 Å². The summed E-state index contributed by atoms with van der Waals surface area (Å²) in [6.45, 7) is 4.51. The minimum absolute atomic E-state index is 0.150. The normalized spacial score (nSPS) is 12.6. The van der Waals surface area contributed by atoms with Crippen LogP contribution in [0.25, 0.3) is 21.8 Å². The Morgan fingerprint density at radius 2 is 2.19 bits per heavy atom. The van der Waals surface area contributed by atoms with E-state index in [1.54, 1.807) is 18.3 Å². The van der Waals surface area contributed by atoms with Crippen molar-refractivity contribution < 1.29 is 4.79 Å². The van der Waals surface area contributed by atoms with Gasteiger partial charge in [0.15, 0.2) is 0 Å². The molecule has 3 aromatic heterocycles. The predicted molar refractivity (Wildman–Crippen MR) is 104 cm³/mol. The highest BCUT2D eigenvalue weighted by atomic mass is 32.1. The molecule has 0 unspecified atom stereocenters. The lowest BCUT2D eigenvalue weighted by Gasteiger charge is -2.13. The van der Waals surface area contributed by atoms with Crippen molar-refractivity contribution in [3.8, 4) is 21.8 Å².